The largest absolute Gasteiger partial charge is 0.315 e. The molecule has 0 amide bonds. The Kier molecular flexibility index (Phi) is 3.02. The second-order valence-electron chi connectivity index (χ2n) is 2.67. The molecule has 2 heterocycles. The maximum atomic E-state index is 10.8. The van der Waals surface area contributed by atoms with Gasteiger partial charge in [-0.2, -0.15) is 0 Å². The van der Waals surface area contributed by atoms with Crippen molar-refractivity contribution < 1.29 is 0 Å². The molecule has 5 nitrogen and oxygen atoms in total. The third kappa shape index (κ3) is 2.47. The molecule has 0 saturated heterocycles. The second-order valence-corrected chi connectivity index (χ2v) is 4.13. The number of thiazole rings is 1. The van der Waals surface area contributed by atoms with Crippen LogP contribution in [0.5, 0.6) is 0 Å². The fourth-order valence-corrected chi connectivity index (χ4v) is 2.02. The number of nitrogens with one attached hydrogen (secondary N) is 2. The summed E-state index contributed by atoms with van der Waals surface area (Å²) in [5, 5.41) is 10.8. The summed E-state index contributed by atoms with van der Waals surface area (Å²) in [4.78, 5) is 13.5. The molecule has 0 unspecified atom stereocenters. The van der Waals surface area contributed by atoms with Crippen LogP contribution in [0.1, 0.15) is 11.4 Å². The van der Waals surface area contributed by atoms with Gasteiger partial charge in [-0.3, -0.25) is 4.79 Å². The van der Waals surface area contributed by atoms with Crippen LogP contribution in [0.25, 0.3) is 0 Å². The Hall–Kier alpha value is -1.05. The van der Waals surface area contributed by atoms with E-state index in [0.717, 1.165) is 11.4 Å². The minimum Gasteiger partial charge on any atom is -0.315 e. The Bertz CT molecular complexity index is 432. The summed E-state index contributed by atoms with van der Waals surface area (Å²) in [6.45, 7) is 1.32. The summed E-state index contributed by atoms with van der Waals surface area (Å²) in [5.41, 5.74) is 1.83. The van der Waals surface area contributed by atoms with Crippen LogP contribution in [0, 0.1) is 0 Å². The molecular weight excluding hydrogens is 220 g/mol. The Morgan fingerprint density at radius 1 is 1.43 bits per heavy atom. The molecule has 0 aliphatic heterocycles. The number of aromatic amines is 1. The van der Waals surface area contributed by atoms with E-state index in [2.05, 4.69) is 19.9 Å². The van der Waals surface area contributed by atoms with E-state index in [4.69, 9.17) is 0 Å². The highest BCUT2D eigenvalue weighted by Crippen LogP contribution is 1.98. The maximum absolute atomic E-state index is 10.8. The molecule has 2 N–H and O–H groups in total. The van der Waals surface area contributed by atoms with Crippen molar-refractivity contribution in [2.24, 2.45) is 0 Å². The Morgan fingerprint density at radius 2 is 2.36 bits per heavy atom. The first-order valence-corrected chi connectivity index (χ1v) is 5.69. The predicted molar refractivity (Wildman–Crippen MR) is 55.4 cm³/mol. The molecule has 2 aromatic rings. The van der Waals surface area contributed by atoms with Gasteiger partial charge >= 0.3 is 4.87 Å². The van der Waals surface area contributed by atoms with Gasteiger partial charge in [-0.1, -0.05) is 15.8 Å². The van der Waals surface area contributed by atoms with Gasteiger partial charge < -0.3 is 10.3 Å². The van der Waals surface area contributed by atoms with Gasteiger partial charge in [0.1, 0.15) is 0 Å². The molecule has 0 aromatic carbocycles. The lowest BCUT2D eigenvalue weighted by molar-refractivity contribution is 0.667. The molecule has 0 radical (unpaired) electrons. The molecule has 0 saturated carbocycles. The predicted octanol–water partition coefficient (Wildman–Crippen LogP) is 0.578. The normalized spacial score (nSPS) is 10.6. The smallest absolute Gasteiger partial charge is 0.304 e. The zero-order valence-electron chi connectivity index (χ0n) is 7.19. The van der Waals surface area contributed by atoms with E-state index in [-0.39, 0.29) is 4.87 Å². The quantitative estimate of drug-likeness (QED) is 0.803. The van der Waals surface area contributed by atoms with Crippen molar-refractivity contribution in [2.75, 3.05) is 0 Å². The minimum atomic E-state index is -0.0166. The summed E-state index contributed by atoms with van der Waals surface area (Å²) in [6, 6.07) is 0. The topological polar surface area (TPSA) is 70.7 Å². The lowest BCUT2D eigenvalue weighted by atomic mass is 10.4. The molecule has 0 fully saturated rings. The van der Waals surface area contributed by atoms with Gasteiger partial charge in [0, 0.05) is 29.5 Å². The summed E-state index contributed by atoms with van der Waals surface area (Å²) < 4.78 is 3.75. The highest BCUT2D eigenvalue weighted by molar-refractivity contribution is 7.07. The molecular formula is C7H8N4OS2. The van der Waals surface area contributed by atoms with Crippen LogP contribution < -0.4 is 10.2 Å². The first-order chi connectivity index (χ1) is 6.84. The molecule has 0 spiro atoms. The summed E-state index contributed by atoms with van der Waals surface area (Å²) in [7, 11) is 0. The number of hydrogen-bond acceptors (Lipinski definition) is 6. The zero-order chi connectivity index (χ0) is 9.80. The van der Waals surface area contributed by atoms with Crippen molar-refractivity contribution in [1.29, 1.82) is 0 Å². The van der Waals surface area contributed by atoms with E-state index in [1.807, 2.05) is 10.8 Å². The fourth-order valence-electron chi connectivity index (χ4n) is 0.987. The molecule has 2 aromatic heterocycles. The average Bonchev–Trinajstić information content (AvgIpc) is 2.77. The van der Waals surface area contributed by atoms with Crippen LogP contribution in [-0.2, 0) is 13.1 Å². The number of H-pyrrole nitrogens is 1. The average molecular weight is 228 g/mol. The van der Waals surface area contributed by atoms with Crippen molar-refractivity contribution in [3.63, 3.8) is 0 Å². The van der Waals surface area contributed by atoms with E-state index < -0.39 is 0 Å². The maximum Gasteiger partial charge on any atom is 0.304 e. The van der Waals surface area contributed by atoms with Gasteiger partial charge in [0.05, 0.1) is 5.69 Å². The number of aromatic nitrogens is 3. The van der Waals surface area contributed by atoms with Crippen molar-refractivity contribution in [3.05, 3.63) is 31.8 Å². The summed E-state index contributed by atoms with van der Waals surface area (Å²) in [6.07, 6.45) is 0. The van der Waals surface area contributed by atoms with Gasteiger partial charge in [-0.25, -0.2) is 0 Å². The number of nitrogens with zero attached hydrogens (tertiary/aromatic N) is 2. The van der Waals surface area contributed by atoms with Gasteiger partial charge in [-0.05, 0) is 11.5 Å². The van der Waals surface area contributed by atoms with Crippen molar-refractivity contribution in [2.45, 2.75) is 13.1 Å². The van der Waals surface area contributed by atoms with Crippen LogP contribution >= 0.6 is 22.9 Å². The minimum absolute atomic E-state index is 0.0166. The van der Waals surface area contributed by atoms with Crippen LogP contribution in [0.2, 0.25) is 0 Å². The first-order valence-electron chi connectivity index (χ1n) is 3.98. The van der Waals surface area contributed by atoms with E-state index in [1.54, 1.807) is 0 Å². The van der Waals surface area contributed by atoms with E-state index >= 15 is 0 Å². The molecule has 0 atom stereocenters. The summed E-state index contributed by atoms with van der Waals surface area (Å²) in [5.74, 6) is 0. The number of hydrogen-bond donors (Lipinski definition) is 2. The number of rotatable bonds is 4. The standard InChI is InChI=1S/C7H8N4OS2/c12-7-9-5(3-13-7)1-8-2-6-4-14-11-10-6/h3-4,8H,1-2H2,(H,9,12). The monoisotopic (exact) mass is 228 g/mol. The third-order valence-corrected chi connectivity index (χ3v) is 2.87. The van der Waals surface area contributed by atoms with Crippen LogP contribution in [-0.4, -0.2) is 14.6 Å². The second kappa shape index (κ2) is 4.45. The third-order valence-electron chi connectivity index (χ3n) is 1.60. The highest BCUT2D eigenvalue weighted by atomic mass is 32.1. The first kappa shape index (κ1) is 9.50. The SMILES string of the molecule is O=c1[nH]c(CNCc2csnn2)cs1. The Morgan fingerprint density at radius 3 is 3.00 bits per heavy atom. The van der Waals surface area contributed by atoms with E-state index in [9.17, 15) is 4.79 Å². The molecule has 14 heavy (non-hydrogen) atoms. The lowest BCUT2D eigenvalue weighted by Gasteiger charge is -1.98. The molecule has 0 aliphatic carbocycles. The lowest BCUT2D eigenvalue weighted by Crippen LogP contribution is -2.14. The van der Waals surface area contributed by atoms with Crippen molar-refractivity contribution in [3.8, 4) is 0 Å². The van der Waals surface area contributed by atoms with E-state index in [0.29, 0.717) is 13.1 Å². The van der Waals surface area contributed by atoms with Crippen LogP contribution in [0.3, 0.4) is 0 Å². The molecule has 0 aliphatic rings. The van der Waals surface area contributed by atoms with Gasteiger partial charge in [0.2, 0.25) is 0 Å². The van der Waals surface area contributed by atoms with Gasteiger partial charge in [0.15, 0.2) is 0 Å². The van der Waals surface area contributed by atoms with Crippen LogP contribution in [0.4, 0.5) is 0 Å². The van der Waals surface area contributed by atoms with Crippen LogP contribution in [0.15, 0.2) is 15.6 Å². The van der Waals surface area contributed by atoms with Gasteiger partial charge in [-0.15, -0.1) is 5.10 Å². The van der Waals surface area contributed by atoms with Crippen molar-refractivity contribution in [1.82, 2.24) is 19.9 Å². The fraction of sp³-hybridized carbons (Fsp3) is 0.286. The van der Waals surface area contributed by atoms with Crippen molar-refractivity contribution >= 4 is 22.9 Å². The van der Waals surface area contributed by atoms with E-state index in [1.165, 1.54) is 22.9 Å². The summed E-state index contributed by atoms with van der Waals surface area (Å²) >= 11 is 2.51. The molecule has 0 bridgehead atoms. The Balaban J connectivity index is 1.81. The highest BCUT2D eigenvalue weighted by Gasteiger charge is 1.98. The zero-order valence-corrected chi connectivity index (χ0v) is 8.82. The molecule has 2 rings (SSSR count). The van der Waals surface area contributed by atoms with Gasteiger partial charge in [0.25, 0.3) is 0 Å². The molecule has 74 valence electrons. The Labute approximate surface area is 88.0 Å². The molecule has 7 heteroatoms.